The van der Waals surface area contributed by atoms with Gasteiger partial charge in [-0.05, 0) is 79.3 Å². The van der Waals surface area contributed by atoms with E-state index in [2.05, 4.69) is 50.2 Å². The Kier molecular flexibility index (Phi) is 5.90. The third kappa shape index (κ3) is 4.06. The van der Waals surface area contributed by atoms with E-state index in [9.17, 15) is 4.79 Å². The van der Waals surface area contributed by atoms with Crippen LogP contribution in [0.3, 0.4) is 0 Å². The van der Waals surface area contributed by atoms with E-state index in [0.29, 0.717) is 6.54 Å². The maximum absolute atomic E-state index is 14.0. The van der Waals surface area contributed by atoms with E-state index in [1.807, 2.05) is 58.7 Å². The Labute approximate surface area is 217 Å². The summed E-state index contributed by atoms with van der Waals surface area (Å²) in [4.78, 5) is 17.4. The molecule has 2 amide bonds. The lowest BCUT2D eigenvalue weighted by atomic mass is 9.95. The highest BCUT2D eigenvalue weighted by Gasteiger charge is 2.36. The van der Waals surface area contributed by atoms with Gasteiger partial charge >= 0.3 is 6.03 Å². The molecule has 2 aromatic carbocycles. The quantitative estimate of drug-likeness (QED) is 0.292. The summed E-state index contributed by atoms with van der Waals surface area (Å²) in [6, 6.07) is 19.6. The lowest BCUT2D eigenvalue weighted by molar-refractivity contribution is 0.194. The smallest absolute Gasteiger partial charge is 0.322 e. The highest BCUT2D eigenvalue weighted by atomic mass is 79.9. The monoisotopic (exact) mass is 547 g/mol. The van der Waals surface area contributed by atoms with E-state index < -0.39 is 0 Å². The van der Waals surface area contributed by atoms with Crippen LogP contribution in [0, 0.1) is 0 Å². The molecule has 2 aliphatic rings. The van der Waals surface area contributed by atoms with E-state index in [4.69, 9.17) is 4.74 Å². The average Bonchev–Trinajstić information content (AvgIpc) is 3.46. The zero-order chi connectivity index (χ0) is 23.9. The van der Waals surface area contributed by atoms with Crippen LogP contribution in [0.15, 0.2) is 71.3 Å². The van der Waals surface area contributed by atoms with Crippen molar-refractivity contribution in [2.45, 2.75) is 38.3 Å². The molecule has 6 rings (SSSR count). The second-order valence-electron chi connectivity index (χ2n) is 9.05. The van der Waals surface area contributed by atoms with Crippen molar-refractivity contribution in [3.05, 3.63) is 98.6 Å². The van der Waals surface area contributed by atoms with Crippen LogP contribution in [0.1, 0.15) is 46.1 Å². The fourth-order valence-corrected chi connectivity index (χ4v) is 7.11. The Bertz CT molecular complexity index is 1410. The number of halogens is 1. The number of amides is 2. The first-order valence-electron chi connectivity index (χ1n) is 11.9. The Morgan fingerprint density at radius 3 is 2.77 bits per heavy atom. The van der Waals surface area contributed by atoms with Gasteiger partial charge in [0.1, 0.15) is 10.8 Å². The van der Waals surface area contributed by atoms with Crippen molar-refractivity contribution < 1.29 is 9.53 Å². The molecule has 7 heteroatoms. The number of fused-ring (bicyclic) bond motifs is 5. The minimum absolute atomic E-state index is 0.118. The molecule has 0 saturated carbocycles. The Morgan fingerprint density at radius 2 is 1.91 bits per heavy atom. The number of methoxy groups -OCH3 is 1. The van der Waals surface area contributed by atoms with E-state index in [1.54, 1.807) is 7.11 Å². The maximum Gasteiger partial charge on any atom is 0.322 e. The predicted octanol–water partition coefficient (Wildman–Crippen LogP) is 7.33. The number of aromatic nitrogens is 1. The molecule has 2 aromatic heterocycles. The van der Waals surface area contributed by atoms with Gasteiger partial charge in [0.05, 0.1) is 25.4 Å². The highest BCUT2D eigenvalue weighted by Crippen LogP contribution is 2.44. The number of ether oxygens (including phenoxy) is 1. The molecule has 0 unspecified atom stereocenters. The lowest BCUT2D eigenvalue weighted by Gasteiger charge is -2.31. The van der Waals surface area contributed by atoms with Gasteiger partial charge in [0, 0.05) is 26.8 Å². The van der Waals surface area contributed by atoms with Crippen LogP contribution in [0.5, 0.6) is 5.75 Å². The molecule has 0 radical (unpaired) electrons. The van der Waals surface area contributed by atoms with Gasteiger partial charge in [-0.3, -0.25) is 0 Å². The standard InChI is InChI=1S/C28H26BrN3O2S/c1-34-21-10-4-7-18(15-21)26-24-12-6-14-31(24)27-23(22-11-2-3-13-25(22)35-27)17-32(26)28(33)30-20-9-5-8-19(29)16-20/h4-10,12,14-16,26H,2-3,11,13,17H2,1H3,(H,30,33)/t26-/m0/s1. The summed E-state index contributed by atoms with van der Waals surface area (Å²) in [6.45, 7) is 0.560. The fraction of sp³-hybridized carbons (Fsp3) is 0.250. The number of nitrogens with zero attached hydrogens (tertiary/aromatic N) is 2. The number of benzene rings is 2. The first kappa shape index (κ1) is 22.4. The van der Waals surface area contributed by atoms with Gasteiger partial charge < -0.3 is 19.5 Å². The van der Waals surface area contributed by atoms with Crippen molar-refractivity contribution in [2.24, 2.45) is 0 Å². The molecule has 0 bridgehead atoms. The van der Waals surface area contributed by atoms with Crippen LogP contribution < -0.4 is 10.1 Å². The molecule has 0 fully saturated rings. The van der Waals surface area contributed by atoms with Crippen molar-refractivity contribution in [3.8, 4) is 10.8 Å². The Hall–Kier alpha value is -3.03. The predicted molar refractivity (Wildman–Crippen MR) is 144 cm³/mol. The molecule has 178 valence electrons. The van der Waals surface area contributed by atoms with E-state index in [-0.39, 0.29) is 12.1 Å². The summed E-state index contributed by atoms with van der Waals surface area (Å²) in [5.74, 6) is 0.782. The molecule has 5 nitrogen and oxygen atoms in total. The molecular formula is C28H26BrN3O2S. The number of carbonyl (C=O) groups excluding carboxylic acids is 1. The van der Waals surface area contributed by atoms with E-state index in [0.717, 1.165) is 40.0 Å². The molecule has 1 aliphatic carbocycles. The number of aryl methyl sites for hydroxylation is 1. The summed E-state index contributed by atoms with van der Waals surface area (Å²) < 4.78 is 8.77. The first-order valence-corrected chi connectivity index (χ1v) is 13.5. The molecule has 0 spiro atoms. The van der Waals surface area contributed by atoms with Gasteiger partial charge in [0.15, 0.2) is 0 Å². The van der Waals surface area contributed by atoms with Crippen molar-refractivity contribution >= 4 is 39.0 Å². The number of carbonyl (C=O) groups is 1. The Balaban J connectivity index is 1.50. The largest absolute Gasteiger partial charge is 0.497 e. The summed E-state index contributed by atoms with van der Waals surface area (Å²) in [7, 11) is 1.68. The number of anilines is 1. The molecule has 1 atom stereocenters. The zero-order valence-corrected chi connectivity index (χ0v) is 21.9. The lowest BCUT2D eigenvalue weighted by Crippen LogP contribution is -2.38. The molecule has 3 heterocycles. The number of thiophene rings is 1. The number of rotatable bonds is 3. The zero-order valence-electron chi connectivity index (χ0n) is 19.5. The first-order chi connectivity index (χ1) is 17.1. The van der Waals surface area contributed by atoms with Crippen LogP contribution >= 0.6 is 27.3 Å². The van der Waals surface area contributed by atoms with E-state index in [1.165, 1.54) is 33.8 Å². The van der Waals surface area contributed by atoms with Crippen LogP contribution in [0.25, 0.3) is 5.00 Å². The summed E-state index contributed by atoms with van der Waals surface area (Å²) in [6.07, 6.45) is 6.80. The summed E-state index contributed by atoms with van der Waals surface area (Å²) in [5.41, 5.74) is 5.61. The minimum atomic E-state index is -0.258. The molecule has 35 heavy (non-hydrogen) atoms. The molecule has 0 saturated heterocycles. The maximum atomic E-state index is 14.0. The Morgan fingerprint density at radius 1 is 1.06 bits per heavy atom. The van der Waals surface area contributed by atoms with E-state index >= 15 is 0 Å². The van der Waals surface area contributed by atoms with Crippen molar-refractivity contribution in [3.63, 3.8) is 0 Å². The van der Waals surface area contributed by atoms with Gasteiger partial charge in [0.2, 0.25) is 0 Å². The van der Waals surface area contributed by atoms with Crippen molar-refractivity contribution in [2.75, 3.05) is 12.4 Å². The minimum Gasteiger partial charge on any atom is -0.497 e. The van der Waals surface area contributed by atoms with Gasteiger partial charge in [-0.25, -0.2) is 4.79 Å². The van der Waals surface area contributed by atoms with Crippen molar-refractivity contribution in [1.82, 2.24) is 9.47 Å². The van der Waals surface area contributed by atoms with Gasteiger partial charge in [0.25, 0.3) is 0 Å². The van der Waals surface area contributed by atoms with Crippen molar-refractivity contribution in [1.29, 1.82) is 0 Å². The molecule has 1 N–H and O–H groups in total. The highest BCUT2D eigenvalue weighted by molar-refractivity contribution is 9.10. The molecule has 4 aromatic rings. The fourth-order valence-electron chi connectivity index (χ4n) is 5.31. The van der Waals surface area contributed by atoms with Crippen LogP contribution in [0.4, 0.5) is 10.5 Å². The average molecular weight is 549 g/mol. The second-order valence-corrected chi connectivity index (χ2v) is 11.0. The van der Waals surface area contributed by atoms with Crippen LogP contribution in [0.2, 0.25) is 0 Å². The van der Waals surface area contributed by atoms with Crippen LogP contribution in [-0.4, -0.2) is 22.6 Å². The number of hydrogen-bond acceptors (Lipinski definition) is 3. The SMILES string of the molecule is COc1cccc([C@H]2c3cccn3-c3sc4c(c3CN2C(=O)Nc2cccc(Br)c2)CCCC4)c1. The van der Waals surface area contributed by atoms with Crippen LogP contribution in [-0.2, 0) is 19.4 Å². The third-order valence-electron chi connectivity index (χ3n) is 6.93. The molecular weight excluding hydrogens is 522 g/mol. The summed E-state index contributed by atoms with van der Waals surface area (Å²) in [5, 5.41) is 4.41. The third-order valence-corrected chi connectivity index (χ3v) is 8.75. The van der Waals surface area contributed by atoms with Gasteiger partial charge in [-0.2, -0.15) is 0 Å². The topological polar surface area (TPSA) is 46.5 Å². The molecule has 1 aliphatic heterocycles. The normalized spacial score (nSPS) is 16.6. The van der Waals surface area contributed by atoms with Gasteiger partial charge in [-0.1, -0.05) is 34.1 Å². The number of urea groups is 1. The number of nitrogens with one attached hydrogen (secondary N) is 1. The second kappa shape index (κ2) is 9.21. The van der Waals surface area contributed by atoms with Gasteiger partial charge in [-0.15, -0.1) is 11.3 Å². The summed E-state index contributed by atoms with van der Waals surface area (Å²) >= 11 is 5.41. The number of hydrogen-bond donors (Lipinski definition) is 1.